The number of hydrogen-bond donors (Lipinski definition) is 2. The molecule has 2 N–H and O–H groups in total. The van der Waals surface area contributed by atoms with Gasteiger partial charge in [0.2, 0.25) is 0 Å². The fraction of sp³-hybridized carbons (Fsp3) is 0.263. The highest BCUT2D eigenvalue weighted by Crippen LogP contribution is 2.30. The van der Waals surface area contributed by atoms with Crippen LogP contribution in [0.4, 0.5) is 39.4 Å². The lowest BCUT2D eigenvalue weighted by Gasteiger charge is -2.14. The summed E-state index contributed by atoms with van der Waals surface area (Å²) in [4.78, 5) is 16.0. The molecule has 0 fully saturated rings. The van der Waals surface area contributed by atoms with E-state index in [4.69, 9.17) is 0 Å². The standard InChI is InChI=1S/C19H17F5N6/c1-10(2)26-15-9-16(28-14-8-11(17(20)21)6-7-25-14)30-18(29-15)12-4-3-5-13(27-12)19(22,23)24/h3-10,17H,1-2H3,(H2,25,26,28,29,30). The largest absolute Gasteiger partial charge is 0.433 e. The predicted molar refractivity (Wildman–Crippen MR) is 102 cm³/mol. The number of nitrogens with one attached hydrogen (secondary N) is 2. The summed E-state index contributed by atoms with van der Waals surface area (Å²) in [6, 6.07) is 7.20. The smallest absolute Gasteiger partial charge is 0.368 e. The Hall–Kier alpha value is -3.37. The highest BCUT2D eigenvalue weighted by molar-refractivity contribution is 5.62. The molecule has 3 aromatic heterocycles. The van der Waals surface area contributed by atoms with E-state index in [1.54, 1.807) is 0 Å². The summed E-state index contributed by atoms with van der Waals surface area (Å²) >= 11 is 0. The number of rotatable bonds is 6. The van der Waals surface area contributed by atoms with E-state index in [1.165, 1.54) is 30.5 Å². The highest BCUT2D eigenvalue weighted by atomic mass is 19.4. The maximum Gasteiger partial charge on any atom is 0.433 e. The van der Waals surface area contributed by atoms with Crippen LogP contribution in [0, 0.1) is 0 Å². The second-order valence-corrected chi connectivity index (χ2v) is 6.57. The van der Waals surface area contributed by atoms with Gasteiger partial charge in [-0.1, -0.05) is 6.07 Å². The first-order valence-corrected chi connectivity index (χ1v) is 8.83. The number of pyridine rings is 2. The summed E-state index contributed by atoms with van der Waals surface area (Å²) in [6.07, 6.45) is -6.08. The molecular formula is C19H17F5N6. The average molecular weight is 424 g/mol. The predicted octanol–water partition coefficient (Wildman–Crippen LogP) is 5.45. The van der Waals surface area contributed by atoms with Crippen molar-refractivity contribution in [2.75, 3.05) is 10.6 Å². The minimum absolute atomic E-state index is 0.0321. The van der Waals surface area contributed by atoms with Crippen molar-refractivity contribution in [3.05, 3.63) is 53.9 Å². The number of nitrogens with zero attached hydrogens (tertiary/aromatic N) is 4. The van der Waals surface area contributed by atoms with E-state index >= 15 is 0 Å². The zero-order chi connectivity index (χ0) is 21.9. The van der Waals surface area contributed by atoms with Crippen LogP contribution in [-0.4, -0.2) is 26.0 Å². The lowest BCUT2D eigenvalue weighted by molar-refractivity contribution is -0.141. The molecule has 0 radical (unpaired) electrons. The van der Waals surface area contributed by atoms with E-state index < -0.39 is 18.3 Å². The van der Waals surface area contributed by atoms with Gasteiger partial charge in [-0.15, -0.1) is 0 Å². The number of alkyl halides is 5. The van der Waals surface area contributed by atoms with Crippen molar-refractivity contribution in [1.82, 2.24) is 19.9 Å². The van der Waals surface area contributed by atoms with Gasteiger partial charge in [-0.3, -0.25) is 0 Å². The molecule has 3 heterocycles. The second kappa shape index (κ2) is 8.56. The average Bonchev–Trinajstić information content (AvgIpc) is 2.67. The zero-order valence-electron chi connectivity index (χ0n) is 15.9. The van der Waals surface area contributed by atoms with Crippen molar-refractivity contribution in [2.45, 2.75) is 32.5 Å². The first-order valence-electron chi connectivity index (χ1n) is 8.83. The molecule has 0 bridgehead atoms. The van der Waals surface area contributed by atoms with Crippen LogP contribution in [0.5, 0.6) is 0 Å². The molecule has 0 saturated heterocycles. The van der Waals surface area contributed by atoms with Crippen molar-refractivity contribution in [2.24, 2.45) is 0 Å². The lowest BCUT2D eigenvalue weighted by atomic mass is 10.2. The number of halogens is 5. The third kappa shape index (κ3) is 5.37. The first-order chi connectivity index (χ1) is 14.1. The van der Waals surface area contributed by atoms with E-state index in [-0.39, 0.29) is 34.8 Å². The van der Waals surface area contributed by atoms with Gasteiger partial charge in [0.25, 0.3) is 6.43 Å². The van der Waals surface area contributed by atoms with E-state index in [9.17, 15) is 22.0 Å². The third-order valence-corrected chi connectivity index (χ3v) is 3.72. The van der Waals surface area contributed by atoms with Crippen LogP contribution in [-0.2, 0) is 6.18 Å². The molecule has 11 heteroatoms. The van der Waals surface area contributed by atoms with Gasteiger partial charge >= 0.3 is 6.18 Å². The third-order valence-electron chi connectivity index (χ3n) is 3.72. The van der Waals surface area contributed by atoms with E-state index in [0.717, 1.165) is 12.1 Å². The molecule has 30 heavy (non-hydrogen) atoms. The zero-order valence-corrected chi connectivity index (χ0v) is 15.9. The topological polar surface area (TPSA) is 75.6 Å². The Morgan fingerprint density at radius 2 is 1.63 bits per heavy atom. The number of hydrogen-bond acceptors (Lipinski definition) is 6. The van der Waals surface area contributed by atoms with Gasteiger partial charge in [-0.05, 0) is 38.1 Å². The van der Waals surface area contributed by atoms with Crippen LogP contribution in [0.1, 0.15) is 31.5 Å². The normalized spacial score (nSPS) is 11.8. The Kier molecular flexibility index (Phi) is 6.09. The summed E-state index contributed by atoms with van der Waals surface area (Å²) < 4.78 is 64.9. The molecule has 0 atom stereocenters. The Morgan fingerprint density at radius 3 is 2.30 bits per heavy atom. The molecule has 3 rings (SSSR count). The summed E-state index contributed by atoms with van der Waals surface area (Å²) in [6.45, 7) is 3.70. The minimum atomic E-state index is -4.62. The van der Waals surface area contributed by atoms with Crippen LogP contribution < -0.4 is 10.6 Å². The van der Waals surface area contributed by atoms with Crippen LogP contribution in [0.15, 0.2) is 42.6 Å². The van der Waals surface area contributed by atoms with Gasteiger partial charge in [0.1, 0.15) is 28.8 Å². The molecule has 158 valence electrons. The summed E-state index contributed by atoms with van der Waals surface area (Å²) in [5.41, 5.74) is -1.40. The summed E-state index contributed by atoms with van der Waals surface area (Å²) in [7, 11) is 0. The van der Waals surface area contributed by atoms with Crippen molar-refractivity contribution in [3.8, 4) is 11.5 Å². The monoisotopic (exact) mass is 424 g/mol. The van der Waals surface area contributed by atoms with Gasteiger partial charge in [0.05, 0.1) is 0 Å². The molecular weight excluding hydrogens is 407 g/mol. The molecule has 6 nitrogen and oxygen atoms in total. The Labute approximate surface area is 168 Å². The van der Waals surface area contributed by atoms with Crippen molar-refractivity contribution >= 4 is 17.5 Å². The number of anilines is 3. The van der Waals surface area contributed by atoms with Crippen LogP contribution in [0.2, 0.25) is 0 Å². The van der Waals surface area contributed by atoms with Gasteiger partial charge in [-0.25, -0.2) is 28.7 Å². The molecule has 0 unspecified atom stereocenters. The Morgan fingerprint density at radius 1 is 0.900 bits per heavy atom. The lowest BCUT2D eigenvalue weighted by Crippen LogP contribution is -2.13. The van der Waals surface area contributed by atoms with Gasteiger partial charge in [0.15, 0.2) is 5.82 Å². The van der Waals surface area contributed by atoms with Gasteiger partial charge in [-0.2, -0.15) is 13.2 Å². The van der Waals surface area contributed by atoms with Crippen LogP contribution in [0.3, 0.4) is 0 Å². The Balaban J connectivity index is 2.02. The fourth-order valence-electron chi connectivity index (χ4n) is 2.49. The molecule has 0 aromatic carbocycles. The molecule has 0 amide bonds. The maximum atomic E-state index is 13.0. The van der Waals surface area contributed by atoms with Crippen LogP contribution in [0.25, 0.3) is 11.5 Å². The molecule has 3 aromatic rings. The van der Waals surface area contributed by atoms with Crippen molar-refractivity contribution in [3.63, 3.8) is 0 Å². The quantitative estimate of drug-likeness (QED) is 0.513. The Bertz CT molecular complexity index is 1020. The number of aromatic nitrogens is 4. The van der Waals surface area contributed by atoms with Crippen molar-refractivity contribution in [1.29, 1.82) is 0 Å². The highest BCUT2D eigenvalue weighted by Gasteiger charge is 2.32. The van der Waals surface area contributed by atoms with E-state index in [1.807, 2.05) is 13.8 Å². The van der Waals surface area contributed by atoms with Gasteiger partial charge in [0, 0.05) is 23.9 Å². The summed E-state index contributed by atoms with van der Waals surface area (Å²) in [5, 5.41) is 5.82. The maximum absolute atomic E-state index is 13.0. The molecule has 0 spiro atoms. The fourth-order valence-corrected chi connectivity index (χ4v) is 2.49. The molecule has 0 aliphatic carbocycles. The minimum Gasteiger partial charge on any atom is -0.368 e. The SMILES string of the molecule is CC(C)Nc1cc(Nc2cc(C(F)F)ccn2)nc(-c2cccc(C(F)(F)F)n2)n1. The second-order valence-electron chi connectivity index (χ2n) is 6.57. The first kappa shape index (κ1) is 21.3. The van der Waals surface area contributed by atoms with Crippen molar-refractivity contribution < 1.29 is 22.0 Å². The van der Waals surface area contributed by atoms with E-state index in [2.05, 4.69) is 30.6 Å². The molecule has 0 saturated carbocycles. The van der Waals surface area contributed by atoms with Gasteiger partial charge < -0.3 is 10.6 Å². The molecule has 0 aliphatic heterocycles. The summed E-state index contributed by atoms with van der Waals surface area (Å²) in [5.74, 6) is 0.507. The van der Waals surface area contributed by atoms with E-state index in [0.29, 0.717) is 5.82 Å². The van der Waals surface area contributed by atoms with Crippen LogP contribution >= 0.6 is 0 Å². The molecule has 0 aliphatic rings.